The van der Waals surface area contributed by atoms with Crippen LogP contribution in [-0.2, 0) is 21.1 Å². The number of hydrogen-bond donors (Lipinski definition) is 0. The van der Waals surface area contributed by atoms with Gasteiger partial charge in [-0.15, -0.1) is 0 Å². The van der Waals surface area contributed by atoms with Crippen LogP contribution in [-0.4, -0.2) is 19.2 Å². The molecule has 0 saturated heterocycles. The van der Waals surface area contributed by atoms with Crippen molar-refractivity contribution < 1.29 is 36.6 Å². The Labute approximate surface area is 187 Å². The summed E-state index contributed by atoms with van der Waals surface area (Å²) in [5.41, 5.74) is -0.554. The van der Waals surface area contributed by atoms with E-state index in [2.05, 4.69) is 0 Å². The Bertz CT molecular complexity index is 1200. The Balaban J connectivity index is 2.00. The number of fused-ring (bicyclic) bond motifs is 1. The molecule has 0 fully saturated rings. The normalized spacial score (nSPS) is 12.0. The molecule has 0 spiro atoms. The highest BCUT2D eigenvalue weighted by Gasteiger charge is 2.40. The number of hydrogen-bond acceptors (Lipinski definition) is 6. The molecule has 0 radical (unpaired) electrons. The fourth-order valence-corrected chi connectivity index (χ4v) is 3.01. The van der Waals surface area contributed by atoms with Gasteiger partial charge in [-0.05, 0) is 42.2 Å². The molecule has 0 atom stereocenters. The standard InChI is InChI=1S/C24H23F3O6/c1-5-30-19(28)13-31-16-10-11-17-18(12-16)33-22(24(25,26)27)21(20(17)29)32-15-8-6-14(7-9-15)23(2,3)4/h6-12H,5,13H2,1-4H3. The zero-order chi connectivity index (χ0) is 24.4. The largest absolute Gasteiger partial charge is 0.482 e. The van der Waals surface area contributed by atoms with Crippen LogP contribution in [0.2, 0.25) is 0 Å². The Morgan fingerprint density at radius 1 is 1.00 bits per heavy atom. The fraction of sp³-hybridized carbons (Fsp3) is 0.333. The summed E-state index contributed by atoms with van der Waals surface area (Å²) in [5.74, 6) is -3.06. The number of benzene rings is 2. The molecule has 0 N–H and O–H groups in total. The van der Waals surface area contributed by atoms with Gasteiger partial charge in [0, 0.05) is 6.07 Å². The van der Waals surface area contributed by atoms with Crippen LogP contribution in [0.25, 0.3) is 11.0 Å². The van der Waals surface area contributed by atoms with E-state index in [0.29, 0.717) is 0 Å². The maximum atomic E-state index is 13.7. The number of carbonyl (C=O) groups is 1. The Kier molecular flexibility index (Phi) is 6.71. The number of esters is 1. The smallest absolute Gasteiger partial charge is 0.453 e. The lowest BCUT2D eigenvalue weighted by atomic mass is 9.87. The molecule has 0 bridgehead atoms. The van der Waals surface area contributed by atoms with Gasteiger partial charge in [-0.3, -0.25) is 4.79 Å². The quantitative estimate of drug-likeness (QED) is 0.427. The van der Waals surface area contributed by atoms with Crippen molar-refractivity contribution in [2.75, 3.05) is 13.2 Å². The molecule has 0 unspecified atom stereocenters. The van der Waals surface area contributed by atoms with Gasteiger partial charge in [0.25, 0.3) is 5.76 Å². The van der Waals surface area contributed by atoms with Crippen LogP contribution in [0.4, 0.5) is 13.2 Å². The summed E-state index contributed by atoms with van der Waals surface area (Å²) in [6, 6.07) is 10.1. The van der Waals surface area contributed by atoms with E-state index in [1.54, 1.807) is 19.1 Å². The van der Waals surface area contributed by atoms with Gasteiger partial charge in [0.15, 0.2) is 6.61 Å². The Morgan fingerprint density at radius 3 is 2.21 bits per heavy atom. The van der Waals surface area contributed by atoms with Crippen LogP contribution in [0.5, 0.6) is 17.2 Å². The minimum Gasteiger partial charge on any atom is -0.482 e. The van der Waals surface area contributed by atoms with E-state index >= 15 is 0 Å². The van der Waals surface area contributed by atoms with Crippen molar-refractivity contribution in [3.8, 4) is 17.2 Å². The van der Waals surface area contributed by atoms with Gasteiger partial charge in [0.1, 0.15) is 17.1 Å². The van der Waals surface area contributed by atoms with Crippen LogP contribution >= 0.6 is 0 Å². The molecule has 0 aliphatic carbocycles. The molecule has 2 aromatic carbocycles. The second-order valence-electron chi connectivity index (χ2n) is 8.22. The van der Waals surface area contributed by atoms with E-state index < -0.39 is 35.7 Å². The van der Waals surface area contributed by atoms with Crippen molar-refractivity contribution >= 4 is 16.9 Å². The number of rotatable bonds is 6. The SMILES string of the molecule is CCOC(=O)COc1ccc2c(=O)c(Oc3ccc(C(C)(C)C)cc3)c(C(F)(F)F)oc2c1. The highest BCUT2D eigenvalue weighted by molar-refractivity contribution is 5.80. The van der Waals surface area contributed by atoms with Crippen LogP contribution in [0.1, 0.15) is 39.0 Å². The molecular formula is C24H23F3O6. The fourth-order valence-electron chi connectivity index (χ4n) is 3.01. The maximum absolute atomic E-state index is 13.7. The zero-order valence-electron chi connectivity index (χ0n) is 18.5. The lowest BCUT2D eigenvalue weighted by molar-refractivity contribution is -0.154. The van der Waals surface area contributed by atoms with Crippen molar-refractivity contribution in [2.45, 2.75) is 39.3 Å². The van der Waals surface area contributed by atoms with E-state index in [1.807, 2.05) is 20.8 Å². The molecule has 0 saturated carbocycles. The number of halogens is 3. The van der Waals surface area contributed by atoms with E-state index in [0.717, 1.165) is 11.6 Å². The van der Waals surface area contributed by atoms with Crippen molar-refractivity contribution in [1.29, 1.82) is 0 Å². The third-order valence-electron chi connectivity index (χ3n) is 4.68. The van der Waals surface area contributed by atoms with Crippen LogP contribution in [0.15, 0.2) is 51.7 Å². The minimum absolute atomic E-state index is 0.0401. The summed E-state index contributed by atoms with van der Waals surface area (Å²) >= 11 is 0. The molecule has 1 heterocycles. The number of ether oxygens (including phenoxy) is 3. The zero-order valence-corrected chi connectivity index (χ0v) is 18.5. The summed E-state index contributed by atoms with van der Waals surface area (Å²) < 4.78 is 61.5. The van der Waals surface area contributed by atoms with Gasteiger partial charge in [-0.1, -0.05) is 32.9 Å². The molecule has 0 aliphatic heterocycles. The van der Waals surface area contributed by atoms with Gasteiger partial charge in [0.2, 0.25) is 11.2 Å². The second-order valence-corrected chi connectivity index (χ2v) is 8.22. The van der Waals surface area contributed by atoms with E-state index in [1.165, 1.54) is 24.3 Å². The third kappa shape index (κ3) is 5.66. The summed E-state index contributed by atoms with van der Waals surface area (Å²) in [6.07, 6.45) is -4.99. The average Bonchev–Trinajstić information content (AvgIpc) is 2.73. The van der Waals surface area contributed by atoms with Gasteiger partial charge < -0.3 is 18.6 Å². The highest BCUT2D eigenvalue weighted by atomic mass is 19.4. The van der Waals surface area contributed by atoms with E-state index in [9.17, 15) is 22.8 Å². The topological polar surface area (TPSA) is 75.0 Å². The molecule has 176 valence electrons. The van der Waals surface area contributed by atoms with Gasteiger partial charge in [-0.25, -0.2) is 4.79 Å². The molecule has 9 heteroatoms. The summed E-state index contributed by atoms with van der Waals surface area (Å²) in [5, 5.41) is -0.132. The average molecular weight is 464 g/mol. The third-order valence-corrected chi connectivity index (χ3v) is 4.68. The van der Waals surface area contributed by atoms with Crippen LogP contribution < -0.4 is 14.9 Å². The Hall–Kier alpha value is -3.49. The van der Waals surface area contributed by atoms with Gasteiger partial charge >= 0.3 is 12.1 Å². The van der Waals surface area contributed by atoms with Crippen LogP contribution in [0, 0.1) is 0 Å². The Morgan fingerprint density at radius 2 is 1.64 bits per heavy atom. The molecular weight excluding hydrogens is 441 g/mol. The number of carbonyl (C=O) groups excluding carboxylic acids is 1. The van der Waals surface area contributed by atoms with Gasteiger partial charge in [-0.2, -0.15) is 13.2 Å². The number of alkyl halides is 3. The lowest BCUT2D eigenvalue weighted by Crippen LogP contribution is -2.16. The van der Waals surface area contributed by atoms with Crippen molar-refractivity contribution in [2.24, 2.45) is 0 Å². The van der Waals surface area contributed by atoms with E-state index in [-0.39, 0.29) is 34.5 Å². The summed E-state index contributed by atoms with van der Waals surface area (Å²) in [4.78, 5) is 24.3. The predicted octanol–water partition coefficient (Wildman–Crippen LogP) is 5.84. The first-order chi connectivity index (χ1) is 15.4. The highest BCUT2D eigenvalue weighted by Crippen LogP contribution is 2.39. The first-order valence-corrected chi connectivity index (χ1v) is 10.1. The molecule has 0 aliphatic rings. The molecule has 1 aromatic heterocycles. The van der Waals surface area contributed by atoms with E-state index in [4.69, 9.17) is 18.6 Å². The predicted molar refractivity (Wildman–Crippen MR) is 115 cm³/mol. The maximum Gasteiger partial charge on any atom is 0.453 e. The molecule has 6 nitrogen and oxygen atoms in total. The lowest BCUT2D eigenvalue weighted by Gasteiger charge is -2.19. The summed E-state index contributed by atoms with van der Waals surface area (Å²) in [6.45, 7) is 7.32. The van der Waals surface area contributed by atoms with Crippen molar-refractivity contribution in [3.05, 3.63) is 64.0 Å². The van der Waals surface area contributed by atoms with Crippen molar-refractivity contribution in [3.63, 3.8) is 0 Å². The molecule has 3 aromatic rings. The summed E-state index contributed by atoms with van der Waals surface area (Å²) in [7, 11) is 0. The molecule has 3 rings (SSSR count). The van der Waals surface area contributed by atoms with Crippen LogP contribution in [0.3, 0.4) is 0 Å². The molecule has 33 heavy (non-hydrogen) atoms. The first-order valence-electron chi connectivity index (χ1n) is 10.1. The monoisotopic (exact) mass is 464 g/mol. The minimum atomic E-state index is -4.99. The molecule has 0 amide bonds. The van der Waals surface area contributed by atoms with Gasteiger partial charge in [0.05, 0.1) is 12.0 Å². The van der Waals surface area contributed by atoms with Crippen molar-refractivity contribution in [1.82, 2.24) is 0 Å². The second kappa shape index (κ2) is 9.17. The first kappa shape index (κ1) is 24.2.